The van der Waals surface area contributed by atoms with Gasteiger partial charge in [-0.3, -0.25) is 4.90 Å². The highest BCUT2D eigenvalue weighted by Crippen LogP contribution is 2.34. The molecule has 0 aliphatic carbocycles. The number of aryl methyl sites for hydroxylation is 1. The predicted molar refractivity (Wildman–Crippen MR) is 92.5 cm³/mol. The standard InChI is InChI=1S/C18H25N3O3/c1-12-10-21(8-7-19-12)11-16-13(2)24-18(20-16)15-9-14(22-3)5-6-17(15)23-4/h5-6,9,12,19H,7-8,10-11H2,1-4H3/t12-/m0/s1. The quantitative estimate of drug-likeness (QED) is 0.908. The van der Waals surface area contributed by atoms with Crippen LogP contribution in [-0.2, 0) is 6.54 Å². The molecule has 0 bridgehead atoms. The molecule has 130 valence electrons. The van der Waals surface area contributed by atoms with Gasteiger partial charge in [0.25, 0.3) is 0 Å². The Morgan fingerprint density at radius 1 is 1.33 bits per heavy atom. The summed E-state index contributed by atoms with van der Waals surface area (Å²) in [6.07, 6.45) is 0. The van der Waals surface area contributed by atoms with Crippen LogP contribution in [0.15, 0.2) is 22.6 Å². The molecule has 1 N–H and O–H groups in total. The van der Waals surface area contributed by atoms with Gasteiger partial charge in [0.05, 0.1) is 25.5 Å². The van der Waals surface area contributed by atoms with E-state index in [9.17, 15) is 0 Å². The summed E-state index contributed by atoms with van der Waals surface area (Å²) < 4.78 is 16.7. The lowest BCUT2D eigenvalue weighted by molar-refractivity contribution is 0.197. The number of oxazole rings is 1. The first-order valence-corrected chi connectivity index (χ1v) is 8.25. The van der Waals surface area contributed by atoms with E-state index < -0.39 is 0 Å². The molecule has 0 amide bonds. The van der Waals surface area contributed by atoms with Crippen LogP contribution in [0.1, 0.15) is 18.4 Å². The molecule has 0 radical (unpaired) electrons. The highest BCUT2D eigenvalue weighted by molar-refractivity contribution is 5.65. The Hall–Kier alpha value is -2.05. The number of methoxy groups -OCH3 is 2. The van der Waals surface area contributed by atoms with E-state index in [1.807, 2.05) is 25.1 Å². The smallest absolute Gasteiger partial charge is 0.230 e. The third-order valence-corrected chi connectivity index (χ3v) is 4.36. The molecular formula is C18H25N3O3. The average Bonchev–Trinajstić information content (AvgIpc) is 2.95. The van der Waals surface area contributed by atoms with Gasteiger partial charge in [0.15, 0.2) is 0 Å². The molecule has 1 saturated heterocycles. The molecule has 1 fully saturated rings. The zero-order chi connectivity index (χ0) is 17.1. The Kier molecular flexibility index (Phi) is 5.06. The van der Waals surface area contributed by atoms with E-state index >= 15 is 0 Å². The fourth-order valence-electron chi connectivity index (χ4n) is 3.04. The van der Waals surface area contributed by atoms with E-state index in [0.717, 1.165) is 54.7 Å². The van der Waals surface area contributed by atoms with Crippen molar-refractivity contribution in [1.82, 2.24) is 15.2 Å². The Morgan fingerprint density at radius 2 is 2.17 bits per heavy atom. The number of aromatic nitrogens is 1. The van der Waals surface area contributed by atoms with Crippen molar-refractivity contribution in [1.29, 1.82) is 0 Å². The minimum Gasteiger partial charge on any atom is -0.497 e. The van der Waals surface area contributed by atoms with E-state index in [0.29, 0.717) is 11.9 Å². The first-order valence-electron chi connectivity index (χ1n) is 8.25. The summed E-state index contributed by atoms with van der Waals surface area (Å²) in [6.45, 7) is 8.01. The molecule has 2 aromatic rings. The second kappa shape index (κ2) is 7.23. The molecule has 1 aliphatic heterocycles. The van der Waals surface area contributed by atoms with Crippen molar-refractivity contribution in [2.75, 3.05) is 33.9 Å². The highest BCUT2D eigenvalue weighted by atomic mass is 16.5. The third kappa shape index (κ3) is 3.55. The van der Waals surface area contributed by atoms with Crippen LogP contribution in [0.5, 0.6) is 11.5 Å². The van der Waals surface area contributed by atoms with E-state index in [-0.39, 0.29) is 0 Å². The van der Waals surface area contributed by atoms with Crippen LogP contribution in [0, 0.1) is 6.92 Å². The molecule has 6 heteroatoms. The van der Waals surface area contributed by atoms with Gasteiger partial charge in [0, 0.05) is 32.2 Å². The maximum absolute atomic E-state index is 5.92. The fourth-order valence-corrected chi connectivity index (χ4v) is 3.04. The van der Waals surface area contributed by atoms with Gasteiger partial charge in [-0.1, -0.05) is 0 Å². The highest BCUT2D eigenvalue weighted by Gasteiger charge is 2.21. The molecule has 0 saturated carbocycles. The lowest BCUT2D eigenvalue weighted by atomic mass is 10.2. The molecule has 0 spiro atoms. The SMILES string of the molecule is COc1ccc(OC)c(-c2nc(CN3CCN[C@@H](C)C3)c(C)o2)c1. The first-order chi connectivity index (χ1) is 11.6. The summed E-state index contributed by atoms with van der Waals surface area (Å²) in [5.74, 6) is 2.89. The zero-order valence-corrected chi connectivity index (χ0v) is 14.8. The van der Waals surface area contributed by atoms with Crippen molar-refractivity contribution in [3.8, 4) is 23.0 Å². The van der Waals surface area contributed by atoms with E-state index in [1.165, 1.54) is 0 Å². The zero-order valence-electron chi connectivity index (χ0n) is 14.8. The number of hydrogen-bond donors (Lipinski definition) is 1. The van der Waals surface area contributed by atoms with Crippen molar-refractivity contribution in [2.24, 2.45) is 0 Å². The van der Waals surface area contributed by atoms with Crippen LogP contribution in [0.3, 0.4) is 0 Å². The number of nitrogens with zero attached hydrogens (tertiary/aromatic N) is 2. The van der Waals surface area contributed by atoms with Gasteiger partial charge in [-0.05, 0) is 32.0 Å². The Balaban J connectivity index is 1.86. The number of rotatable bonds is 5. The number of hydrogen-bond acceptors (Lipinski definition) is 6. The van der Waals surface area contributed by atoms with Crippen LogP contribution in [-0.4, -0.2) is 49.8 Å². The minimum atomic E-state index is 0.504. The van der Waals surface area contributed by atoms with Crippen molar-refractivity contribution < 1.29 is 13.9 Å². The number of ether oxygens (including phenoxy) is 2. The lowest BCUT2D eigenvalue weighted by Gasteiger charge is -2.31. The van der Waals surface area contributed by atoms with Gasteiger partial charge in [-0.15, -0.1) is 0 Å². The Bertz CT molecular complexity index is 699. The van der Waals surface area contributed by atoms with E-state index in [4.69, 9.17) is 18.9 Å². The molecule has 24 heavy (non-hydrogen) atoms. The van der Waals surface area contributed by atoms with Crippen LogP contribution < -0.4 is 14.8 Å². The summed E-state index contributed by atoms with van der Waals surface area (Å²) in [4.78, 5) is 7.12. The first kappa shape index (κ1) is 16.8. The van der Waals surface area contributed by atoms with Gasteiger partial charge in [-0.2, -0.15) is 0 Å². The van der Waals surface area contributed by atoms with Crippen molar-refractivity contribution in [3.05, 3.63) is 29.7 Å². The molecule has 3 rings (SSSR count). The summed E-state index contributed by atoms with van der Waals surface area (Å²) in [6, 6.07) is 6.12. The topological polar surface area (TPSA) is 59.8 Å². The summed E-state index contributed by atoms with van der Waals surface area (Å²) >= 11 is 0. The summed E-state index contributed by atoms with van der Waals surface area (Å²) in [7, 11) is 3.29. The van der Waals surface area contributed by atoms with Crippen molar-refractivity contribution in [3.63, 3.8) is 0 Å². The molecule has 1 aliphatic rings. The second-order valence-electron chi connectivity index (χ2n) is 6.18. The number of piperazine rings is 1. The summed E-state index contributed by atoms with van der Waals surface area (Å²) in [5, 5.41) is 3.46. The van der Waals surface area contributed by atoms with Crippen molar-refractivity contribution >= 4 is 0 Å². The van der Waals surface area contributed by atoms with Gasteiger partial charge in [0.1, 0.15) is 17.3 Å². The monoisotopic (exact) mass is 331 g/mol. The number of nitrogens with one attached hydrogen (secondary N) is 1. The predicted octanol–water partition coefficient (Wildman–Crippen LogP) is 2.46. The van der Waals surface area contributed by atoms with E-state index in [2.05, 4.69) is 17.1 Å². The van der Waals surface area contributed by atoms with Crippen LogP contribution in [0.25, 0.3) is 11.5 Å². The number of benzene rings is 1. The van der Waals surface area contributed by atoms with Gasteiger partial charge in [0.2, 0.25) is 5.89 Å². The molecule has 1 aromatic heterocycles. The molecule has 0 unspecified atom stereocenters. The molecular weight excluding hydrogens is 306 g/mol. The fraction of sp³-hybridized carbons (Fsp3) is 0.500. The second-order valence-corrected chi connectivity index (χ2v) is 6.18. The maximum atomic E-state index is 5.92. The largest absolute Gasteiger partial charge is 0.497 e. The minimum absolute atomic E-state index is 0.504. The maximum Gasteiger partial charge on any atom is 0.230 e. The van der Waals surface area contributed by atoms with Crippen LogP contribution in [0.4, 0.5) is 0 Å². The summed E-state index contributed by atoms with van der Waals surface area (Å²) in [5.41, 5.74) is 1.78. The molecule has 1 aromatic carbocycles. The van der Waals surface area contributed by atoms with Crippen LogP contribution >= 0.6 is 0 Å². The van der Waals surface area contributed by atoms with Gasteiger partial charge < -0.3 is 19.2 Å². The van der Waals surface area contributed by atoms with Gasteiger partial charge >= 0.3 is 0 Å². The van der Waals surface area contributed by atoms with E-state index in [1.54, 1.807) is 14.2 Å². The van der Waals surface area contributed by atoms with Gasteiger partial charge in [-0.25, -0.2) is 4.98 Å². The lowest BCUT2D eigenvalue weighted by Crippen LogP contribution is -2.48. The van der Waals surface area contributed by atoms with Crippen LogP contribution in [0.2, 0.25) is 0 Å². The molecule has 1 atom stereocenters. The average molecular weight is 331 g/mol. The normalized spacial score (nSPS) is 18.6. The Morgan fingerprint density at radius 3 is 2.88 bits per heavy atom. The molecule has 6 nitrogen and oxygen atoms in total. The Labute approximate surface area is 142 Å². The third-order valence-electron chi connectivity index (χ3n) is 4.36. The molecule has 2 heterocycles. The van der Waals surface area contributed by atoms with Crippen molar-refractivity contribution in [2.45, 2.75) is 26.4 Å².